The van der Waals surface area contributed by atoms with Gasteiger partial charge < -0.3 is 5.32 Å². The van der Waals surface area contributed by atoms with E-state index in [0.717, 1.165) is 40.1 Å². The molecular weight excluding hydrogens is 248 g/mol. The molecule has 3 rings (SSSR count). The van der Waals surface area contributed by atoms with E-state index in [4.69, 9.17) is 0 Å². The minimum Gasteiger partial charge on any atom is -0.369 e. The van der Waals surface area contributed by atoms with Gasteiger partial charge in [-0.05, 0) is 43.2 Å². The van der Waals surface area contributed by atoms with Crippen LogP contribution in [0.2, 0.25) is 0 Å². The molecule has 0 radical (unpaired) electrons. The fraction of sp³-hybridized carbons (Fsp3) is 0.188. The van der Waals surface area contributed by atoms with Crippen molar-refractivity contribution < 1.29 is 0 Å². The molecule has 0 aliphatic heterocycles. The molecule has 1 N–H and O–H groups in total. The molecule has 0 aliphatic rings. The van der Waals surface area contributed by atoms with E-state index in [1.54, 1.807) is 6.20 Å². The first kappa shape index (κ1) is 12.5. The van der Waals surface area contributed by atoms with Crippen molar-refractivity contribution in [2.45, 2.75) is 13.8 Å². The van der Waals surface area contributed by atoms with Crippen LogP contribution in [-0.2, 0) is 0 Å². The maximum Gasteiger partial charge on any atom is 0.145 e. The Labute approximate surface area is 117 Å². The Morgan fingerprint density at radius 3 is 2.70 bits per heavy atom. The first-order chi connectivity index (χ1) is 9.76. The monoisotopic (exact) mass is 264 g/mol. The molecule has 4 heteroatoms. The number of benzene rings is 1. The van der Waals surface area contributed by atoms with E-state index in [2.05, 4.69) is 38.5 Å². The number of nitrogens with zero attached hydrogens (tertiary/aromatic N) is 3. The van der Waals surface area contributed by atoms with Gasteiger partial charge in [0.25, 0.3) is 0 Å². The quantitative estimate of drug-likeness (QED) is 0.787. The van der Waals surface area contributed by atoms with E-state index in [1.165, 1.54) is 0 Å². The van der Waals surface area contributed by atoms with Gasteiger partial charge in [-0.1, -0.05) is 6.07 Å². The van der Waals surface area contributed by atoms with Crippen LogP contribution >= 0.6 is 0 Å². The van der Waals surface area contributed by atoms with Gasteiger partial charge in [0.15, 0.2) is 0 Å². The summed E-state index contributed by atoms with van der Waals surface area (Å²) in [7, 11) is 0. The lowest BCUT2D eigenvalue weighted by atomic mass is 10.1. The van der Waals surface area contributed by atoms with Crippen LogP contribution in [0.15, 0.2) is 42.9 Å². The first-order valence-electron chi connectivity index (χ1n) is 6.69. The molecule has 4 nitrogen and oxygen atoms in total. The van der Waals surface area contributed by atoms with Gasteiger partial charge in [0.1, 0.15) is 5.82 Å². The zero-order valence-corrected chi connectivity index (χ0v) is 11.6. The highest BCUT2D eigenvalue weighted by molar-refractivity contribution is 5.82. The predicted molar refractivity (Wildman–Crippen MR) is 81.7 cm³/mol. The first-order valence-corrected chi connectivity index (χ1v) is 6.69. The molecule has 0 saturated heterocycles. The minimum atomic E-state index is 0.805. The summed E-state index contributed by atoms with van der Waals surface area (Å²) in [5.41, 5.74) is 5.15. The number of aryl methyl sites for hydroxylation is 1. The number of nitrogens with one attached hydrogen (secondary N) is 1. The summed E-state index contributed by atoms with van der Waals surface area (Å²) in [5.74, 6) is 0.805. The molecule has 3 aromatic rings. The fourth-order valence-electron chi connectivity index (χ4n) is 2.17. The molecule has 20 heavy (non-hydrogen) atoms. The largest absolute Gasteiger partial charge is 0.369 e. The van der Waals surface area contributed by atoms with Crippen molar-refractivity contribution in [1.82, 2.24) is 15.0 Å². The van der Waals surface area contributed by atoms with Crippen LogP contribution < -0.4 is 5.32 Å². The molecule has 0 fully saturated rings. The van der Waals surface area contributed by atoms with Crippen LogP contribution in [0.5, 0.6) is 0 Å². The highest BCUT2D eigenvalue weighted by atomic mass is 15.0. The maximum absolute atomic E-state index is 4.58. The van der Waals surface area contributed by atoms with Crippen LogP contribution in [0.1, 0.15) is 12.5 Å². The van der Waals surface area contributed by atoms with Gasteiger partial charge in [-0.25, -0.2) is 4.98 Å². The zero-order valence-electron chi connectivity index (χ0n) is 11.6. The van der Waals surface area contributed by atoms with E-state index in [-0.39, 0.29) is 0 Å². The lowest BCUT2D eigenvalue weighted by Gasteiger charge is -2.06. The summed E-state index contributed by atoms with van der Waals surface area (Å²) in [6, 6.07) is 8.23. The second-order valence-corrected chi connectivity index (χ2v) is 4.74. The van der Waals surface area contributed by atoms with E-state index >= 15 is 0 Å². The van der Waals surface area contributed by atoms with E-state index < -0.39 is 0 Å². The van der Waals surface area contributed by atoms with E-state index in [9.17, 15) is 0 Å². The Morgan fingerprint density at radius 2 is 1.90 bits per heavy atom. The summed E-state index contributed by atoms with van der Waals surface area (Å²) in [5, 5.41) is 3.18. The van der Waals surface area contributed by atoms with Gasteiger partial charge in [-0.3, -0.25) is 9.97 Å². The third-order valence-electron chi connectivity index (χ3n) is 3.11. The van der Waals surface area contributed by atoms with Crippen LogP contribution in [-0.4, -0.2) is 21.5 Å². The number of aromatic nitrogens is 3. The maximum atomic E-state index is 4.58. The number of pyridine rings is 1. The topological polar surface area (TPSA) is 50.7 Å². The van der Waals surface area contributed by atoms with Crippen molar-refractivity contribution >= 4 is 16.9 Å². The Kier molecular flexibility index (Phi) is 3.29. The molecular formula is C16H16N4. The summed E-state index contributed by atoms with van der Waals surface area (Å²) in [4.78, 5) is 13.2. The summed E-state index contributed by atoms with van der Waals surface area (Å²) in [6.45, 7) is 4.92. The van der Waals surface area contributed by atoms with Crippen LogP contribution in [0.4, 0.5) is 5.82 Å². The second kappa shape index (κ2) is 5.25. The third-order valence-corrected chi connectivity index (χ3v) is 3.11. The fourth-order valence-corrected chi connectivity index (χ4v) is 2.17. The predicted octanol–water partition coefficient (Wildman–Crippen LogP) is 3.43. The van der Waals surface area contributed by atoms with Crippen molar-refractivity contribution in [2.24, 2.45) is 0 Å². The number of hydrogen-bond acceptors (Lipinski definition) is 4. The van der Waals surface area contributed by atoms with Crippen LogP contribution in [0.3, 0.4) is 0 Å². The summed E-state index contributed by atoms with van der Waals surface area (Å²) >= 11 is 0. The SMILES string of the molecule is CCNc1cnc2ccc(-c3cncc(C)c3)cc2n1. The molecule has 0 atom stereocenters. The van der Waals surface area contributed by atoms with Gasteiger partial charge in [0, 0.05) is 24.5 Å². The molecule has 0 saturated carbocycles. The molecule has 0 aliphatic carbocycles. The Morgan fingerprint density at radius 1 is 1.00 bits per heavy atom. The standard InChI is InChI=1S/C16H16N4/c1-3-18-16-10-19-14-5-4-12(7-15(14)20-16)13-6-11(2)8-17-9-13/h4-10H,3H2,1-2H3,(H,18,20). The lowest BCUT2D eigenvalue weighted by Crippen LogP contribution is -2.00. The Balaban J connectivity index is 2.09. The number of hydrogen-bond donors (Lipinski definition) is 1. The molecule has 0 bridgehead atoms. The van der Waals surface area contributed by atoms with Gasteiger partial charge in [-0.15, -0.1) is 0 Å². The minimum absolute atomic E-state index is 0.805. The normalized spacial score (nSPS) is 10.7. The summed E-state index contributed by atoms with van der Waals surface area (Å²) in [6.07, 6.45) is 5.49. The van der Waals surface area contributed by atoms with Gasteiger partial charge in [0.2, 0.25) is 0 Å². The molecule has 2 aromatic heterocycles. The van der Waals surface area contributed by atoms with Crippen molar-refractivity contribution in [1.29, 1.82) is 0 Å². The molecule has 0 amide bonds. The van der Waals surface area contributed by atoms with Gasteiger partial charge in [-0.2, -0.15) is 0 Å². The second-order valence-electron chi connectivity index (χ2n) is 4.74. The average molecular weight is 264 g/mol. The van der Waals surface area contributed by atoms with Crippen molar-refractivity contribution in [3.63, 3.8) is 0 Å². The Bertz CT molecular complexity index is 752. The van der Waals surface area contributed by atoms with Gasteiger partial charge in [0.05, 0.1) is 17.2 Å². The van der Waals surface area contributed by atoms with Crippen LogP contribution in [0.25, 0.3) is 22.2 Å². The summed E-state index contributed by atoms with van der Waals surface area (Å²) < 4.78 is 0. The molecule has 100 valence electrons. The molecule has 0 unspecified atom stereocenters. The highest BCUT2D eigenvalue weighted by Gasteiger charge is 2.03. The molecule has 1 aromatic carbocycles. The lowest BCUT2D eigenvalue weighted by molar-refractivity contribution is 1.15. The molecule has 0 spiro atoms. The number of anilines is 1. The van der Waals surface area contributed by atoms with Crippen LogP contribution in [0, 0.1) is 6.92 Å². The molecule has 2 heterocycles. The van der Waals surface area contributed by atoms with Crippen molar-refractivity contribution in [3.8, 4) is 11.1 Å². The van der Waals surface area contributed by atoms with Crippen molar-refractivity contribution in [3.05, 3.63) is 48.4 Å². The number of fused-ring (bicyclic) bond motifs is 1. The smallest absolute Gasteiger partial charge is 0.145 e. The van der Waals surface area contributed by atoms with E-state index in [1.807, 2.05) is 32.3 Å². The van der Waals surface area contributed by atoms with Crippen molar-refractivity contribution in [2.75, 3.05) is 11.9 Å². The highest BCUT2D eigenvalue weighted by Crippen LogP contribution is 2.23. The zero-order chi connectivity index (χ0) is 13.9. The van der Waals surface area contributed by atoms with Gasteiger partial charge >= 0.3 is 0 Å². The number of rotatable bonds is 3. The Hall–Kier alpha value is -2.49. The average Bonchev–Trinajstić information content (AvgIpc) is 2.47. The van der Waals surface area contributed by atoms with E-state index in [0.29, 0.717) is 0 Å². The third kappa shape index (κ3) is 2.45.